The molecular formula is C20H18F3N3O2S. The third-order valence-electron chi connectivity index (χ3n) is 4.02. The first kappa shape index (κ1) is 20.8. The van der Waals surface area contributed by atoms with Crippen molar-refractivity contribution in [1.29, 1.82) is 0 Å². The molecule has 2 aromatic carbocycles. The topological polar surface area (TPSA) is 64.1 Å². The molecule has 1 atom stereocenters. The van der Waals surface area contributed by atoms with E-state index >= 15 is 0 Å². The third kappa shape index (κ3) is 5.77. The second-order valence-corrected chi connectivity index (χ2v) is 7.44. The Morgan fingerprint density at radius 3 is 2.48 bits per heavy atom. The Hall–Kier alpha value is -2.94. The van der Waals surface area contributed by atoms with Crippen molar-refractivity contribution in [3.05, 3.63) is 64.7 Å². The van der Waals surface area contributed by atoms with Crippen LogP contribution in [0.5, 0.6) is 5.75 Å². The quantitative estimate of drug-likeness (QED) is 0.619. The van der Waals surface area contributed by atoms with Crippen molar-refractivity contribution in [2.24, 2.45) is 0 Å². The summed E-state index contributed by atoms with van der Waals surface area (Å²) in [5.74, 6) is -0.586. The molecule has 152 valence electrons. The number of nitrogens with one attached hydrogen (secondary N) is 1. The number of hydrogen-bond donors (Lipinski definition) is 1. The van der Waals surface area contributed by atoms with Crippen LogP contribution in [0.3, 0.4) is 0 Å². The van der Waals surface area contributed by atoms with E-state index in [4.69, 9.17) is 0 Å². The van der Waals surface area contributed by atoms with Gasteiger partial charge in [-0.2, -0.15) is 0 Å². The van der Waals surface area contributed by atoms with Crippen molar-refractivity contribution in [3.8, 4) is 16.3 Å². The van der Waals surface area contributed by atoms with E-state index in [-0.39, 0.29) is 22.2 Å². The lowest BCUT2D eigenvalue weighted by Gasteiger charge is -2.15. The molecule has 5 nitrogen and oxygen atoms in total. The number of aromatic nitrogens is 2. The van der Waals surface area contributed by atoms with E-state index in [0.717, 1.165) is 22.5 Å². The summed E-state index contributed by atoms with van der Waals surface area (Å²) in [6.45, 7) is 3.38. The van der Waals surface area contributed by atoms with Gasteiger partial charge in [0.05, 0.1) is 11.6 Å². The zero-order chi connectivity index (χ0) is 21.0. The number of benzene rings is 2. The molecule has 0 fully saturated rings. The van der Waals surface area contributed by atoms with Crippen molar-refractivity contribution >= 4 is 17.2 Å². The van der Waals surface area contributed by atoms with Crippen LogP contribution in [0.15, 0.2) is 48.5 Å². The van der Waals surface area contributed by atoms with Gasteiger partial charge >= 0.3 is 6.36 Å². The SMILES string of the molecule is CC(=O)NC(Cc1ccc(C)cc1)c1nnc(-c2ccccc2OC(F)(F)F)s1. The minimum absolute atomic E-state index is 0.186. The van der Waals surface area contributed by atoms with Crippen LogP contribution in [-0.2, 0) is 11.2 Å². The standard InChI is InChI=1S/C20H18F3N3O2S/c1-12-7-9-14(10-8-12)11-16(24-13(2)27)19-26-25-18(29-19)15-5-3-4-6-17(15)28-20(21,22)23/h3-10,16H,11H2,1-2H3,(H,24,27). The van der Waals surface area contributed by atoms with Gasteiger partial charge in [-0.25, -0.2) is 0 Å². The van der Waals surface area contributed by atoms with Gasteiger partial charge < -0.3 is 10.1 Å². The highest BCUT2D eigenvalue weighted by Crippen LogP contribution is 2.36. The van der Waals surface area contributed by atoms with E-state index in [1.807, 2.05) is 31.2 Å². The molecule has 3 rings (SSSR count). The number of rotatable bonds is 6. The molecule has 1 aromatic heterocycles. The predicted octanol–water partition coefficient (Wildman–Crippen LogP) is 4.83. The molecule has 0 bridgehead atoms. The van der Waals surface area contributed by atoms with Gasteiger partial charge in [-0.15, -0.1) is 23.4 Å². The molecular weight excluding hydrogens is 403 g/mol. The van der Waals surface area contributed by atoms with Gasteiger partial charge in [0.1, 0.15) is 10.8 Å². The second-order valence-electron chi connectivity index (χ2n) is 6.43. The molecule has 1 N–H and O–H groups in total. The lowest BCUT2D eigenvalue weighted by Crippen LogP contribution is -2.27. The van der Waals surface area contributed by atoms with Crippen LogP contribution in [0.4, 0.5) is 13.2 Å². The van der Waals surface area contributed by atoms with Gasteiger partial charge in [0.15, 0.2) is 5.01 Å². The minimum Gasteiger partial charge on any atom is -0.405 e. The first-order valence-electron chi connectivity index (χ1n) is 8.72. The number of ether oxygens (including phenoxy) is 1. The molecule has 0 spiro atoms. The van der Waals surface area contributed by atoms with E-state index < -0.39 is 12.4 Å². The summed E-state index contributed by atoms with van der Waals surface area (Å²) < 4.78 is 42.1. The molecule has 29 heavy (non-hydrogen) atoms. The smallest absolute Gasteiger partial charge is 0.405 e. The molecule has 0 aliphatic rings. The number of halogens is 3. The Balaban J connectivity index is 1.89. The van der Waals surface area contributed by atoms with E-state index in [1.165, 1.54) is 25.1 Å². The second kappa shape index (κ2) is 8.60. The lowest BCUT2D eigenvalue weighted by atomic mass is 10.0. The summed E-state index contributed by atoms with van der Waals surface area (Å²) in [6.07, 6.45) is -4.33. The number of hydrogen-bond acceptors (Lipinski definition) is 5. The van der Waals surface area contributed by atoms with Crippen molar-refractivity contribution in [2.75, 3.05) is 0 Å². The average Bonchev–Trinajstić information content (AvgIpc) is 3.12. The molecule has 9 heteroatoms. The fraction of sp³-hybridized carbons (Fsp3) is 0.250. The summed E-state index contributed by atoms with van der Waals surface area (Å²) in [5.41, 5.74) is 2.29. The Morgan fingerprint density at radius 2 is 1.83 bits per heavy atom. The van der Waals surface area contributed by atoms with Crippen LogP contribution >= 0.6 is 11.3 Å². The number of aryl methyl sites for hydroxylation is 1. The van der Waals surface area contributed by atoms with E-state index in [9.17, 15) is 18.0 Å². The molecule has 0 radical (unpaired) electrons. The highest BCUT2D eigenvalue weighted by atomic mass is 32.1. The zero-order valence-electron chi connectivity index (χ0n) is 15.7. The number of carbonyl (C=O) groups excluding carboxylic acids is 1. The van der Waals surface area contributed by atoms with Gasteiger partial charge in [-0.3, -0.25) is 4.79 Å². The van der Waals surface area contributed by atoms with E-state index in [0.29, 0.717) is 11.4 Å². The van der Waals surface area contributed by atoms with Crippen LogP contribution in [0.25, 0.3) is 10.6 Å². The Morgan fingerprint density at radius 1 is 1.14 bits per heavy atom. The van der Waals surface area contributed by atoms with Gasteiger partial charge in [0.25, 0.3) is 0 Å². The van der Waals surface area contributed by atoms with Crippen molar-refractivity contribution in [2.45, 2.75) is 32.7 Å². The fourth-order valence-electron chi connectivity index (χ4n) is 2.75. The normalized spacial score (nSPS) is 12.4. The van der Waals surface area contributed by atoms with Crippen LogP contribution in [0.1, 0.15) is 29.1 Å². The Labute approximate surface area is 169 Å². The van der Waals surface area contributed by atoms with Crippen LogP contribution in [-0.4, -0.2) is 22.5 Å². The average molecular weight is 421 g/mol. The maximum absolute atomic E-state index is 12.7. The number of alkyl halides is 3. The first-order chi connectivity index (χ1) is 13.7. The van der Waals surface area contributed by atoms with Crippen molar-refractivity contribution in [3.63, 3.8) is 0 Å². The third-order valence-corrected chi connectivity index (χ3v) is 5.09. The predicted molar refractivity (Wildman–Crippen MR) is 103 cm³/mol. The molecule has 0 saturated heterocycles. The van der Waals surface area contributed by atoms with Crippen molar-refractivity contribution < 1.29 is 22.7 Å². The van der Waals surface area contributed by atoms with Crippen LogP contribution < -0.4 is 10.1 Å². The van der Waals surface area contributed by atoms with Gasteiger partial charge in [-0.1, -0.05) is 53.3 Å². The number of amides is 1. The van der Waals surface area contributed by atoms with Gasteiger partial charge in [0, 0.05) is 6.92 Å². The maximum Gasteiger partial charge on any atom is 0.573 e. The monoisotopic (exact) mass is 421 g/mol. The summed E-state index contributed by atoms with van der Waals surface area (Å²) in [4.78, 5) is 11.7. The number of nitrogens with zero attached hydrogens (tertiary/aromatic N) is 2. The zero-order valence-corrected chi connectivity index (χ0v) is 16.5. The first-order valence-corrected chi connectivity index (χ1v) is 9.54. The van der Waals surface area contributed by atoms with E-state index in [2.05, 4.69) is 20.3 Å². The molecule has 3 aromatic rings. The summed E-state index contributed by atoms with van der Waals surface area (Å²) in [5, 5.41) is 11.8. The summed E-state index contributed by atoms with van der Waals surface area (Å²) in [7, 11) is 0. The molecule has 0 aliphatic carbocycles. The van der Waals surface area contributed by atoms with Crippen LogP contribution in [0.2, 0.25) is 0 Å². The van der Waals surface area contributed by atoms with Crippen LogP contribution in [0, 0.1) is 6.92 Å². The molecule has 0 aliphatic heterocycles. The van der Waals surface area contributed by atoms with Gasteiger partial charge in [-0.05, 0) is 31.0 Å². The largest absolute Gasteiger partial charge is 0.573 e. The molecule has 1 unspecified atom stereocenters. The summed E-state index contributed by atoms with van der Waals surface area (Å²) in [6, 6.07) is 13.2. The highest BCUT2D eigenvalue weighted by Gasteiger charge is 2.32. The Kier molecular flexibility index (Phi) is 6.17. The molecule has 1 heterocycles. The summed E-state index contributed by atoms with van der Waals surface area (Å²) >= 11 is 1.11. The number of para-hydroxylation sites is 1. The molecule has 0 saturated carbocycles. The fourth-order valence-corrected chi connectivity index (χ4v) is 3.67. The molecule has 1 amide bonds. The highest BCUT2D eigenvalue weighted by molar-refractivity contribution is 7.14. The minimum atomic E-state index is -4.81. The maximum atomic E-state index is 12.7. The Bertz CT molecular complexity index is 987. The number of carbonyl (C=O) groups is 1. The van der Waals surface area contributed by atoms with E-state index in [1.54, 1.807) is 6.07 Å². The van der Waals surface area contributed by atoms with Crippen molar-refractivity contribution in [1.82, 2.24) is 15.5 Å². The van der Waals surface area contributed by atoms with Gasteiger partial charge in [0.2, 0.25) is 5.91 Å². The lowest BCUT2D eigenvalue weighted by molar-refractivity contribution is -0.274.